The first-order chi connectivity index (χ1) is 10.2. The molecule has 2 heterocycles. The number of likely N-dealkylation sites (tertiary alicyclic amines) is 1. The van der Waals surface area contributed by atoms with Gasteiger partial charge in [-0.3, -0.25) is 4.90 Å². The van der Waals surface area contributed by atoms with Crippen molar-refractivity contribution in [3.8, 4) is 0 Å². The Morgan fingerprint density at radius 1 is 1.48 bits per heavy atom. The Hall–Kier alpha value is -1.63. The van der Waals surface area contributed by atoms with Gasteiger partial charge in [0.05, 0.1) is 13.2 Å². The van der Waals surface area contributed by atoms with Gasteiger partial charge >= 0.3 is 6.09 Å². The fourth-order valence-electron chi connectivity index (χ4n) is 2.69. The summed E-state index contributed by atoms with van der Waals surface area (Å²) in [6.07, 6.45) is 4.04. The van der Waals surface area contributed by atoms with Crippen LogP contribution in [0.1, 0.15) is 50.2 Å². The molecule has 1 N–H and O–H groups in total. The average molecular weight is 294 g/mol. The van der Waals surface area contributed by atoms with Crippen LogP contribution in [-0.2, 0) is 11.3 Å². The first-order valence-corrected chi connectivity index (χ1v) is 7.72. The van der Waals surface area contributed by atoms with Crippen LogP contribution in [0, 0.1) is 0 Å². The normalized spacial score (nSPS) is 23.0. The van der Waals surface area contributed by atoms with Gasteiger partial charge < -0.3 is 14.6 Å². The van der Waals surface area contributed by atoms with Gasteiger partial charge in [0, 0.05) is 18.5 Å². The second-order valence-electron chi connectivity index (χ2n) is 5.76. The Labute approximate surface area is 124 Å². The molecule has 1 aromatic heterocycles. The van der Waals surface area contributed by atoms with E-state index in [1.54, 1.807) is 6.92 Å². The molecule has 0 radical (unpaired) electrons. The number of alkyl carbamates (subject to hydrolysis) is 1. The van der Waals surface area contributed by atoms with Crippen LogP contribution in [-0.4, -0.2) is 46.9 Å². The number of rotatable bonds is 5. The Morgan fingerprint density at radius 3 is 3.10 bits per heavy atom. The Morgan fingerprint density at radius 2 is 2.33 bits per heavy atom. The molecule has 7 nitrogen and oxygen atoms in total. The maximum Gasteiger partial charge on any atom is 0.407 e. The van der Waals surface area contributed by atoms with Crippen molar-refractivity contribution < 1.29 is 14.1 Å². The van der Waals surface area contributed by atoms with E-state index in [1.807, 2.05) is 0 Å². The molecule has 116 valence electrons. The first-order valence-electron chi connectivity index (χ1n) is 7.72. The number of hydrogen-bond acceptors (Lipinski definition) is 6. The maximum absolute atomic E-state index is 11.5. The predicted molar refractivity (Wildman–Crippen MR) is 74.7 cm³/mol. The van der Waals surface area contributed by atoms with Crippen LogP contribution in [0.15, 0.2) is 4.52 Å². The summed E-state index contributed by atoms with van der Waals surface area (Å²) in [6.45, 7) is 4.64. The van der Waals surface area contributed by atoms with Crippen LogP contribution in [0.3, 0.4) is 0 Å². The third kappa shape index (κ3) is 3.93. The van der Waals surface area contributed by atoms with Gasteiger partial charge in [-0.15, -0.1) is 0 Å². The minimum absolute atomic E-state index is 0.128. The van der Waals surface area contributed by atoms with E-state index >= 15 is 0 Å². The molecular formula is C14H22N4O3. The van der Waals surface area contributed by atoms with Gasteiger partial charge in [-0.1, -0.05) is 5.16 Å². The molecule has 1 aliphatic heterocycles. The molecule has 1 aliphatic carbocycles. The van der Waals surface area contributed by atoms with E-state index in [0.717, 1.165) is 31.8 Å². The number of ether oxygens (including phenoxy) is 1. The summed E-state index contributed by atoms with van der Waals surface area (Å²) in [5, 5.41) is 6.93. The van der Waals surface area contributed by atoms with Crippen molar-refractivity contribution in [2.24, 2.45) is 0 Å². The SMILES string of the molecule is CCOC(=O)N[C@H]1CCCN(Cc2nc(C3CC3)no2)C1. The zero-order valence-electron chi connectivity index (χ0n) is 12.4. The Kier molecular flexibility index (Phi) is 4.38. The number of carbonyl (C=O) groups is 1. The summed E-state index contributed by atoms with van der Waals surface area (Å²) < 4.78 is 10.2. The molecule has 7 heteroatoms. The highest BCUT2D eigenvalue weighted by molar-refractivity contribution is 5.67. The molecule has 1 atom stereocenters. The minimum atomic E-state index is -0.335. The van der Waals surface area contributed by atoms with Gasteiger partial charge in [0.1, 0.15) is 0 Å². The van der Waals surface area contributed by atoms with Crippen LogP contribution < -0.4 is 5.32 Å². The van der Waals surface area contributed by atoms with Gasteiger partial charge in [-0.2, -0.15) is 4.98 Å². The lowest BCUT2D eigenvalue weighted by Crippen LogP contribution is -2.47. The fraction of sp³-hybridized carbons (Fsp3) is 0.786. The molecule has 0 unspecified atom stereocenters. The van der Waals surface area contributed by atoms with Crippen LogP contribution in [0.25, 0.3) is 0 Å². The Bertz CT molecular complexity index is 486. The highest BCUT2D eigenvalue weighted by Gasteiger charge is 2.29. The van der Waals surface area contributed by atoms with Gasteiger partial charge in [0.25, 0.3) is 0 Å². The number of amides is 1. The van der Waals surface area contributed by atoms with Gasteiger partial charge in [-0.25, -0.2) is 4.79 Å². The molecule has 3 rings (SSSR count). The number of carbonyl (C=O) groups excluding carboxylic acids is 1. The third-order valence-corrected chi connectivity index (χ3v) is 3.89. The van der Waals surface area contributed by atoms with Crippen molar-refractivity contribution in [1.29, 1.82) is 0 Å². The van der Waals surface area contributed by atoms with E-state index in [1.165, 1.54) is 12.8 Å². The van der Waals surface area contributed by atoms with Crippen LogP contribution in [0.5, 0.6) is 0 Å². The van der Waals surface area contributed by atoms with E-state index < -0.39 is 0 Å². The number of piperidine rings is 1. The second kappa shape index (κ2) is 6.43. The van der Waals surface area contributed by atoms with Crippen molar-refractivity contribution in [3.05, 3.63) is 11.7 Å². The summed E-state index contributed by atoms with van der Waals surface area (Å²) in [6, 6.07) is 0.128. The van der Waals surface area contributed by atoms with E-state index in [9.17, 15) is 4.79 Å². The van der Waals surface area contributed by atoms with Crippen LogP contribution in [0.2, 0.25) is 0 Å². The number of aromatic nitrogens is 2. The van der Waals surface area contributed by atoms with Crippen molar-refractivity contribution in [3.63, 3.8) is 0 Å². The lowest BCUT2D eigenvalue weighted by atomic mass is 10.1. The molecule has 1 amide bonds. The number of nitrogens with zero attached hydrogens (tertiary/aromatic N) is 3. The topological polar surface area (TPSA) is 80.5 Å². The lowest BCUT2D eigenvalue weighted by Gasteiger charge is -2.31. The summed E-state index contributed by atoms with van der Waals surface area (Å²) in [7, 11) is 0. The molecule has 0 bridgehead atoms. The first kappa shape index (κ1) is 14.3. The average Bonchev–Trinajstić information content (AvgIpc) is 3.20. The number of hydrogen-bond donors (Lipinski definition) is 1. The molecule has 0 spiro atoms. The third-order valence-electron chi connectivity index (χ3n) is 3.89. The summed E-state index contributed by atoms with van der Waals surface area (Å²) in [4.78, 5) is 18.2. The largest absolute Gasteiger partial charge is 0.450 e. The highest BCUT2D eigenvalue weighted by Crippen LogP contribution is 2.38. The zero-order chi connectivity index (χ0) is 14.7. The van der Waals surface area contributed by atoms with E-state index in [4.69, 9.17) is 9.26 Å². The molecular weight excluding hydrogens is 272 g/mol. The highest BCUT2D eigenvalue weighted by atomic mass is 16.5. The van der Waals surface area contributed by atoms with Crippen LogP contribution >= 0.6 is 0 Å². The van der Waals surface area contributed by atoms with Gasteiger partial charge in [0.2, 0.25) is 5.89 Å². The molecule has 2 fully saturated rings. The fourth-order valence-corrected chi connectivity index (χ4v) is 2.69. The van der Waals surface area contributed by atoms with E-state index in [2.05, 4.69) is 20.4 Å². The van der Waals surface area contributed by atoms with Crippen molar-refractivity contribution in [2.75, 3.05) is 19.7 Å². The minimum Gasteiger partial charge on any atom is -0.450 e. The van der Waals surface area contributed by atoms with E-state index in [-0.39, 0.29) is 12.1 Å². The smallest absolute Gasteiger partial charge is 0.407 e. The zero-order valence-corrected chi connectivity index (χ0v) is 12.4. The maximum atomic E-state index is 11.5. The predicted octanol–water partition coefficient (Wildman–Crippen LogP) is 1.66. The summed E-state index contributed by atoms with van der Waals surface area (Å²) in [5.41, 5.74) is 0. The monoisotopic (exact) mass is 294 g/mol. The van der Waals surface area contributed by atoms with Crippen molar-refractivity contribution in [2.45, 2.75) is 51.1 Å². The standard InChI is InChI=1S/C14H22N4O3/c1-2-20-14(19)15-11-4-3-7-18(8-11)9-12-16-13(17-21-12)10-5-6-10/h10-11H,2-9H2,1H3,(H,15,19)/t11-/m0/s1. The number of nitrogens with one attached hydrogen (secondary N) is 1. The quantitative estimate of drug-likeness (QED) is 0.889. The van der Waals surface area contributed by atoms with Crippen LogP contribution in [0.4, 0.5) is 4.79 Å². The summed E-state index contributed by atoms with van der Waals surface area (Å²) >= 11 is 0. The molecule has 21 heavy (non-hydrogen) atoms. The van der Waals surface area contributed by atoms with Gasteiger partial charge in [0.15, 0.2) is 5.82 Å². The Balaban J connectivity index is 1.49. The molecule has 1 saturated carbocycles. The molecule has 1 aromatic rings. The second-order valence-corrected chi connectivity index (χ2v) is 5.76. The van der Waals surface area contributed by atoms with E-state index in [0.29, 0.717) is 25.0 Å². The molecule has 1 saturated heterocycles. The van der Waals surface area contributed by atoms with Gasteiger partial charge in [-0.05, 0) is 39.2 Å². The van der Waals surface area contributed by atoms with Crippen molar-refractivity contribution >= 4 is 6.09 Å². The molecule has 2 aliphatic rings. The lowest BCUT2D eigenvalue weighted by molar-refractivity contribution is 0.128. The summed E-state index contributed by atoms with van der Waals surface area (Å²) in [5.74, 6) is 2.04. The molecule has 0 aromatic carbocycles. The van der Waals surface area contributed by atoms with Crippen molar-refractivity contribution in [1.82, 2.24) is 20.4 Å².